The van der Waals surface area contributed by atoms with Gasteiger partial charge in [-0.25, -0.2) is 4.98 Å². The Morgan fingerprint density at radius 1 is 1.19 bits per heavy atom. The molecule has 6 nitrogen and oxygen atoms in total. The second-order valence-corrected chi connectivity index (χ2v) is 6.99. The maximum Gasteiger partial charge on any atom is 0.260 e. The van der Waals surface area contributed by atoms with E-state index in [4.69, 9.17) is 0 Å². The fraction of sp³-hybridized carbons (Fsp3) is 0.350. The van der Waals surface area contributed by atoms with Gasteiger partial charge in [0.2, 0.25) is 0 Å². The summed E-state index contributed by atoms with van der Waals surface area (Å²) in [5, 5.41) is 3.54. The molecular formula is C20H24N4O2. The van der Waals surface area contributed by atoms with Crippen molar-refractivity contribution in [1.29, 1.82) is 0 Å². The van der Waals surface area contributed by atoms with Crippen molar-refractivity contribution in [3.63, 3.8) is 0 Å². The number of amides is 1. The molecule has 0 bridgehead atoms. The van der Waals surface area contributed by atoms with Gasteiger partial charge in [-0.3, -0.25) is 9.59 Å². The molecule has 2 aromatic heterocycles. The maximum absolute atomic E-state index is 12.2. The standard InChI is InChI=1S/C20H24N4O2/c1-12(2)10-22-19(25)15-7-4-14(5-8-15)6-9-16-11-21-18-17(16)20(26)24-13(3)23-18/h4-5,7-8,11-12H,6,9-10H2,1-3H3,(H,22,25)(H2,21,23,24,26). The second kappa shape index (κ2) is 7.56. The first-order chi connectivity index (χ1) is 12.4. The van der Waals surface area contributed by atoms with E-state index in [9.17, 15) is 9.59 Å². The molecule has 2 heterocycles. The molecule has 0 atom stereocenters. The van der Waals surface area contributed by atoms with Gasteiger partial charge in [0.05, 0.1) is 5.39 Å². The minimum absolute atomic E-state index is 0.0464. The van der Waals surface area contributed by atoms with Gasteiger partial charge >= 0.3 is 0 Å². The predicted octanol–water partition coefficient (Wildman–Crippen LogP) is 2.73. The number of carbonyl (C=O) groups is 1. The first-order valence-corrected chi connectivity index (χ1v) is 8.88. The number of fused-ring (bicyclic) bond motifs is 1. The average Bonchev–Trinajstić information content (AvgIpc) is 3.01. The van der Waals surface area contributed by atoms with Gasteiger partial charge in [0, 0.05) is 18.3 Å². The van der Waals surface area contributed by atoms with E-state index in [0.717, 1.165) is 24.0 Å². The number of hydrogen-bond donors (Lipinski definition) is 3. The molecule has 0 aliphatic rings. The van der Waals surface area contributed by atoms with Crippen LogP contribution in [0.4, 0.5) is 0 Å². The first kappa shape index (κ1) is 17.9. The molecule has 1 aromatic carbocycles. The highest BCUT2D eigenvalue weighted by Crippen LogP contribution is 2.15. The van der Waals surface area contributed by atoms with Gasteiger partial charge in [-0.05, 0) is 48.9 Å². The van der Waals surface area contributed by atoms with E-state index in [1.54, 1.807) is 6.92 Å². The molecule has 0 spiro atoms. The lowest BCUT2D eigenvalue weighted by atomic mass is 10.0. The summed E-state index contributed by atoms with van der Waals surface area (Å²) < 4.78 is 0. The summed E-state index contributed by atoms with van der Waals surface area (Å²) in [5.41, 5.74) is 3.25. The molecule has 136 valence electrons. The zero-order valence-electron chi connectivity index (χ0n) is 15.3. The quantitative estimate of drug-likeness (QED) is 0.637. The fourth-order valence-electron chi connectivity index (χ4n) is 2.91. The highest BCUT2D eigenvalue weighted by molar-refractivity contribution is 5.94. The minimum Gasteiger partial charge on any atom is -0.352 e. The molecule has 0 aliphatic heterocycles. The Hall–Kier alpha value is -2.89. The number of hydrogen-bond acceptors (Lipinski definition) is 3. The topological polar surface area (TPSA) is 90.6 Å². The predicted molar refractivity (Wildman–Crippen MR) is 102 cm³/mol. The van der Waals surface area contributed by atoms with Crippen LogP contribution in [0.15, 0.2) is 35.3 Å². The van der Waals surface area contributed by atoms with Crippen molar-refractivity contribution in [2.75, 3.05) is 6.54 Å². The average molecular weight is 352 g/mol. The monoisotopic (exact) mass is 352 g/mol. The Kier molecular flexibility index (Phi) is 5.21. The molecule has 0 saturated carbocycles. The fourth-order valence-corrected chi connectivity index (χ4v) is 2.91. The lowest BCUT2D eigenvalue weighted by Gasteiger charge is -2.08. The van der Waals surface area contributed by atoms with Gasteiger partial charge in [0.1, 0.15) is 11.5 Å². The molecule has 1 amide bonds. The maximum atomic E-state index is 12.2. The molecule has 3 rings (SSSR count). The molecule has 0 unspecified atom stereocenters. The number of H-pyrrole nitrogens is 2. The van der Waals surface area contributed by atoms with Crippen molar-refractivity contribution in [2.24, 2.45) is 5.92 Å². The zero-order chi connectivity index (χ0) is 18.7. The Morgan fingerprint density at radius 3 is 2.62 bits per heavy atom. The van der Waals surface area contributed by atoms with Gasteiger partial charge < -0.3 is 15.3 Å². The minimum atomic E-state index is -0.110. The van der Waals surface area contributed by atoms with Crippen molar-refractivity contribution in [2.45, 2.75) is 33.6 Å². The number of benzene rings is 1. The van der Waals surface area contributed by atoms with Crippen molar-refractivity contribution < 1.29 is 4.79 Å². The Morgan fingerprint density at radius 2 is 1.92 bits per heavy atom. The van der Waals surface area contributed by atoms with E-state index in [1.165, 1.54) is 0 Å². The van der Waals surface area contributed by atoms with E-state index in [1.807, 2.05) is 30.5 Å². The van der Waals surface area contributed by atoms with Crippen molar-refractivity contribution in [1.82, 2.24) is 20.3 Å². The van der Waals surface area contributed by atoms with Crippen LogP contribution in [0.25, 0.3) is 11.0 Å². The van der Waals surface area contributed by atoms with E-state index in [-0.39, 0.29) is 11.5 Å². The largest absolute Gasteiger partial charge is 0.352 e. The van der Waals surface area contributed by atoms with Crippen LogP contribution in [0.2, 0.25) is 0 Å². The number of carbonyl (C=O) groups excluding carboxylic acids is 1. The Bertz CT molecular complexity index is 968. The van der Waals surface area contributed by atoms with Crippen molar-refractivity contribution in [3.05, 3.63) is 63.3 Å². The van der Waals surface area contributed by atoms with Crippen LogP contribution >= 0.6 is 0 Å². The molecule has 0 saturated heterocycles. The highest BCUT2D eigenvalue weighted by atomic mass is 16.1. The van der Waals surface area contributed by atoms with E-state index in [0.29, 0.717) is 34.9 Å². The summed E-state index contributed by atoms with van der Waals surface area (Å²) in [6.07, 6.45) is 3.36. The third-order valence-electron chi connectivity index (χ3n) is 4.31. The van der Waals surface area contributed by atoms with Crippen LogP contribution in [0.3, 0.4) is 0 Å². The van der Waals surface area contributed by atoms with Crippen LogP contribution in [0.5, 0.6) is 0 Å². The third kappa shape index (κ3) is 4.02. The smallest absolute Gasteiger partial charge is 0.260 e. The summed E-state index contributed by atoms with van der Waals surface area (Å²) in [6.45, 7) is 6.56. The summed E-state index contributed by atoms with van der Waals surface area (Å²) >= 11 is 0. The summed E-state index contributed by atoms with van der Waals surface area (Å²) in [4.78, 5) is 34.4. The van der Waals surface area contributed by atoms with Gasteiger partial charge in [-0.15, -0.1) is 0 Å². The van der Waals surface area contributed by atoms with E-state index in [2.05, 4.69) is 34.1 Å². The lowest BCUT2D eigenvalue weighted by Crippen LogP contribution is -2.27. The van der Waals surface area contributed by atoms with Gasteiger partial charge in [0.25, 0.3) is 11.5 Å². The Labute approximate surface area is 152 Å². The molecular weight excluding hydrogens is 328 g/mol. The second-order valence-electron chi connectivity index (χ2n) is 6.99. The molecule has 3 N–H and O–H groups in total. The van der Waals surface area contributed by atoms with Crippen LogP contribution < -0.4 is 10.9 Å². The first-order valence-electron chi connectivity index (χ1n) is 8.88. The summed E-state index contributed by atoms with van der Waals surface area (Å²) in [5.74, 6) is 0.980. The SMILES string of the molecule is Cc1nc2[nH]cc(CCc3ccc(C(=O)NCC(C)C)cc3)c2c(=O)[nH]1. The molecule has 3 aromatic rings. The number of nitrogens with one attached hydrogen (secondary N) is 3. The molecule has 6 heteroatoms. The third-order valence-corrected chi connectivity index (χ3v) is 4.31. The Balaban J connectivity index is 1.67. The molecule has 0 fully saturated rings. The summed E-state index contributed by atoms with van der Waals surface area (Å²) in [6, 6.07) is 7.62. The number of nitrogens with zero attached hydrogens (tertiary/aromatic N) is 1. The van der Waals surface area contributed by atoms with Gasteiger partial charge in [-0.2, -0.15) is 0 Å². The number of rotatable bonds is 6. The van der Waals surface area contributed by atoms with E-state index < -0.39 is 0 Å². The van der Waals surface area contributed by atoms with Crippen LogP contribution in [0, 0.1) is 12.8 Å². The van der Waals surface area contributed by atoms with Gasteiger partial charge in [0.15, 0.2) is 0 Å². The zero-order valence-corrected chi connectivity index (χ0v) is 15.3. The summed E-state index contributed by atoms with van der Waals surface area (Å²) in [7, 11) is 0. The van der Waals surface area contributed by atoms with Crippen LogP contribution in [-0.2, 0) is 12.8 Å². The molecule has 26 heavy (non-hydrogen) atoms. The van der Waals surface area contributed by atoms with E-state index >= 15 is 0 Å². The number of aryl methyl sites for hydroxylation is 3. The lowest BCUT2D eigenvalue weighted by molar-refractivity contribution is 0.0949. The van der Waals surface area contributed by atoms with Crippen LogP contribution in [-0.4, -0.2) is 27.4 Å². The van der Waals surface area contributed by atoms with Crippen LogP contribution in [0.1, 0.15) is 41.2 Å². The van der Waals surface area contributed by atoms with Gasteiger partial charge in [-0.1, -0.05) is 26.0 Å². The number of aromatic nitrogens is 3. The number of aromatic amines is 2. The van der Waals surface area contributed by atoms with Crippen molar-refractivity contribution in [3.8, 4) is 0 Å². The van der Waals surface area contributed by atoms with Crippen molar-refractivity contribution >= 4 is 16.9 Å². The highest BCUT2D eigenvalue weighted by Gasteiger charge is 2.10. The molecule has 0 radical (unpaired) electrons. The molecule has 0 aliphatic carbocycles. The normalized spacial score (nSPS) is 11.2.